The standard InChI is InChI=1S/C28H21NO5/c1-34-21-12-6-10-19(16-21)29-25(18-9-4-11-20(30)15-18)24(27(32)28(29)33)26(31)23-14-5-8-17-7-2-3-13-22(17)23/h2-16,25,30-31H,1H3/b26-24-. The van der Waals surface area contributed by atoms with Gasteiger partial charge in [0.15, 0.2) is 0 Å². The Kier molecular flexibility index (Phi) is 5.26. The van der Waals surface area contributed by atoms with E-state index in [4.69, 9.17) is 4.74 Å². The van der Waals surface area contributed by atoms with Gasteiger partial charge in [0.1, 0.15) is 17.3 Å². The molecular weight excluding hydrogens is 430 g/mol. The minimum Gasteiger partial charge on any atom is -0.508 e. The first-order valence-corrected chi connectivity index (χ1v) is 10.7. The Bertz CT molecular complexity index is 1470. The number of phenolic OH excluding ortho intramolecular Hbond substituents is 1. The molecule has 6 nitrogen and oxygen atoms in total. The fraction of sp³-hybridized carbons (Fsp3) is 0.0714. The van der Waals surface area contributed by atoms with Crippen molar-refractivity contribution in [1.82, 2.24) is 0 Å². The monoisotopic (exact) mass is 451 g/mol. The predicted octanol–water partition coefficient (Wildman–Crippen LogP) is 5.18. The number of phenols is 1. The highest BCUT2D eigenvalue weighted by atomic mass is 16.5. The summed E-state index contributed by atoms with van der Waals surface area (Å²) in [5, 5.41) is 23.3. The first kappa shape index (κ1) is 21.3. The van der Waals surface area contributed by atoms with E-state index in [-0.39, 0.29) is 17.1 Å². The van der Waals surface area contributed by atoms with Crippen LogP contribution in [0.2, 0.25) is 0 Å². The number of rotatable bonds is 4. The second kappa shape index (κ2) is 8.41. The van der Waals surface area contributed by atoms with Crippen LogP contribution in [-0.2, 0) is 9.59 Å². The molecule has 1 aliphatic rings. The lowest BCUT2D eigenvalue weighted by molar-refractivity contribution is -0.132. The van der Waals surface area contributed by atoms with E-state index in [0.717, 1.165) is 10.8 Å². The molecule has 5 rings (SSSR count). The van der Waals surface area contributed by atoms with Gasteiger partial charge in [-0.2, -0.15) is 0 Å². The van der Waals surface area contributed by atoms with Gasteiger partial charge in [-0.25, -0.2) is 0 Å². The van der Waals surface area contributed by atoms with Crippen molar-refractivity contribution >= 4 is 33.9 Å². The van der Waals surface area contributed by atoms with Crippen LogP contribution in [-0.4, -0.2) is 29.0 Å². The molecule has 1 atom stereocenters. The number of hydrogen-bond donors (Lipinski definition) is 2. The van der Waals surface area contributed by atoms with Crippen LogP contribution in [0.15, 0.2) is 96.6 Å². The Labute approximate surface area is 196 Å². The zero-order valence-electron chi connectivity index (χ0n) is 18.3. The van der Waals surface area contributed by atoms with Gasteiger partial charge in [-0.3, -0.25) is 14.5 Å². The van der Waals surface area contributed by atoms with Gasteiger partial charge < -0.3 is 14.9 Å². The summed E-state index contributed by atoms with van der Waals surface area (Å²) < 4.78 is 5.30. The van der Waals surface area contributed by atoms with Crippen molar-refractivity contribution in [1.29, 1.82) is 0 Å². The van der Waals surface area contributed by atoms with Crippen molar-refractivity contribution < 1.29 is 24.5 Å². The van der Waals surface area contributed by atoms with Gasteiger partial charge in [0.25, 0.3) is 11.7 Å². The molecule has 0 bridgehead atoms. The Morgan fingerprint density at radius 1 is 0.882 bits per heavy atom. The number of fused-ring (bicyclic) bond motifs is 1. The Balaban J connectivity index is 1.78. The van der Waals surface area contributed by atoms with E-state index >= 15 is 0 Å². The van der Waals surface area contributed by atoms with Crippen LogP contribution >= 0.6 is 0 Å². The van der Waals surface area contributed by atoms with Crippen LogP contribution in [0.1, 0.15) is 17.2 Å². The molecule has 0 spiro atoms. The largest absolute Gasteiger partial charge is 0.508 e. The van der Waals surface area contributed by atoms with Crippen LogP contribution in [0.5, 0.6) is 11.5 Å². The molecule has 0 saturated carbocycles. The summed E-state index contributed by atoms with van der Waals surface area (Å²) in [5.41, 5.74) is 1.33. The third kappa shape index (κ3) is 3.46. The van der Waals surface area contributed by atoms with Gasteiger partial charge in [-0.1, -0.05) is 60.7 Å². The molecule has 1 fully saturated rings. The molecule has 34 heavy (non-hydrogen) atoms. The van der Waals surface area contributed by atoms with Crippen LogP contribution < -0.4 is 9.64 Å². The number of ether oxygens (including phenoxy) is 1. The normalized spacial score (nSPS) is 17.3. The summed E-state index contributed by atoms with van der Waals surface area (Å²) in [4.78, 5) is 28.0. The quantitative estimate of drug-likeness (QED) is 0.254. The lowest BCUT2D eigenvalue weighted by atomic mass is 9.93. The zero-order chi connectivity index (χ0) is 23.8. The molecular formula is C28H21NO5. The molecule has 1 aliphatic heterocycles. The number of ketones is 1. The molecule has 0 aliphatic carbocycles. The SMILES string of the molecule is COc1cccc(N2C(=O)C(=O)/C(=C(\O)c3cccc4ccccc34)C2c2cccc(O)c2)c1. The highest BCUT2D eigenvalue weighted by molar-refractivity contribution is 6.51. The number of benzene rings is 4. The van der Waals surface area contributed by atoms with Crippen molar-refractivity contribution in [3.05, 3.63) is 108 Å². The van der Waals surface area contributed by atoms with E-state index in [1.54, 1.807) is 48.5 Å². The van der Waals surface area contributed by atoms with Crippen molar-refractivity contribution in [2.45, 2.75) is 6.04 Å². The van der Waals surface area contributed by atoms with Gasteiger partial charge in [-0.15, -0.1) is 0 Å². The molecule has 1 unspecified atom stereocenters. The summed E-state index contributed by atoms with van der Waals surface area (Å²) in [6.07, 6.45) is 0. The molecule has 168 valence electrons. The molecule has 4 aromatic carbocycles. The zero-order valence-corrected chi connectivity index (χ0v) is 18.3. The first-order chi connectivity index (χ1) is 16.5. The summed E-state index contributed by atoms with van der Waals surface area (Å²) in [6, 6.07) is 25.1. The number of anilines is 1. The fourth-order valence-electron chi connectivity index (χ4n) is 4.45. The van der Waals surface area contributed by atoms with Crippen LogP contribution in [0.3, 0.4) is 0 Å². The Morgan fingerprint density at radius 2 is 1.62 bits per heavy atom. The molecule has 1 heterocycles. The van der Waals surface area contributed by atoms with E-state index in [9.17, 15) is 19.8 Å². The van der Waals surface area contributed by atoms with E-state index in [0.29, 0.717) is 22.6 Å². The molecule has 4 aromatic rings. The molecule has 6 heteroatoms. The van der Waals surface area contributed by atoms with Crippen molar-refractivity contribution in [2.75, 3.05) is 12.0 Å². The summed E-state index contributed by atoms with van der Waals surface area (Å²) in [7, 11) is 1.51. The number of aliphatic hydroxyl groups excluding tert-OH is 1. The van der Waals surface area contributed by atoms with Gasteiger partial charge in [0.05, 0.1) is 18.7 Å². The summed E-state index contributed by atoms with van der Waals surface area (Å²) >= 11 is 0. The van der Waals surface area contributed by atoms with E-state index in [1.165, 1.54) is 24.1 Å². The number of nitrogens with zero attached hydrogens (tertiary/aromatic N) is 1. The fourth-order valence-corrected chi connectivity index (χ4v) is 4.45. The maximum atomic E-state index is 13.4. The van der Waals surface area contributed by atoms with Gasteiger partial charge in [0, 0.05) is 17.3 Å². The third-order valence-electron chi connectivity index (χ3n) is 6.01. The molecule has 2 N–H and O–H groups in total. The molecule has 0 aromatic heterocycles. The number of hydrogen-bond acceptors (Lipinski definition) is 5. The maximum Gasteiger partial charge on any atom is 0.300 e. The lowest BCUT2D eigenvalue weighted by Gasteiger charge is -2.26. The van der Waals surface area contributed by atoms with Crippen LogP contribution in [0.4, 0.5) is 5.69 Å². The predicted molar refractivity (Wildman–Crippen MR) is 130 cm³/mol. The van der Waals surface area contributed by atoms with E-state index in [1.807, 2.05) is 30.3 Å². The van der Waals surface area contributed by atoms with Crippen LogP contribution in [0, 0.1) is 0 Å². The average Bonchev–Trinajstić information content (AvgIpc) is 3.13. The van der Waals surface area contributed by atoms with Crippen LogP contribution in [0.25, 0.3) is 16.5 Å². The number of carbonyl (C=O) groups is 2. The molecule has 1 saturated heterocycles. The number of Topliss-reactive ketones (excluding diaryl/α,β-unsaturated/α-hetero) is 1. The second-order valence-electron chi connectivity index (χ2n) is 7.99. The van der Waals surface area contributed by atoms with Crippen molar-refractivity contribution in [3.8, 4) is 11.5 Å². The van der Waals surface area contributed by atoms with Crippen molar-refractivity contribution in [3.63, 3.8) is 0 Å². The highest BCUT2D eigenvalue weighted by Crippen LogP contribution is 2.44. The van der Waals surface area contributed by atoms with Gasteiger partial charge in [-0.05, 0) is 40.6 Å². The van der Waals surface area contributed by atoms with Crippen molar-refractivity contribution in [2.24, 2.45) is 0 Å². The molecule has 1 amide bonds. The number of carbonyl (C=O) groups excluding carboxylic acids is 2. The number of methoxy groups -OCH3 is 1. The third-order valence-corrected chi connectivity index (χ3v) is 6.01. The molecule has 0 radical (unpaired) electrons. The Morgan fingerprint density at radius 3 is 2.41 bits per heavy atom. The number of amides is 1. The summed E-state index contributed by atoms with van der Waals surface area (Å²) in [5.74, 6) is -1.35. The van der Waals surface area contributed by atoms with Gasteiger partial charge >= 0.3 is 0 Å². The smallest absolute Gasteiger partial charge is 0.300 e. The minimum atomic E-state index is -0.946. The van der Waals surface area contributed by atoms with Gasteiger partial charge in [0.2, 0.25) is 0 Å². The lowest BCUT2D eigenvalue weighted by Crippen LogP contribution is -2.29. The average molecular weight is 451 g/mol. The number of aromatic hydroxyl groups is 1. The minimum absolute atomic E-state index is 0.0149. The van der Waals surface area contributed by atoms with E-state index in [2.05, 4.69) is 0 Å². The summed E-state index contributed by atoms with van der Waals surface area (Å²) in [6.45, 7) is 0. The highest BCUT2D eigenvalue weighted by Gasteiger charge is 2.47. The topological polar surface area (TPSA) is 87.1 Å². The second-order valence-corrected chi connectivity index (χ2v) is 7.99. The Hall–Kier alpha value is -4.58. The maximum absolute atomic E-state index is 13.4. The number of aliphatic hydroxyl groups is 1. The van der Waals surface area contributed by atoms with E-state index < -0.39 is 17.7 Å². The first-order valence-electron chi connectivity index (χ1n) is 10.7.